The lowest BCUT2D eigenvalue weighted by atomic mass is 10.1. The summed E-state index contributed by atoms with van der Waals surface area (Å²) in [5, 5.41) is 5.35. The Morgan fingerprint density at radius 2 is 1.71 bits per heavy atom. The zero-order valence-corrected chi connectivity index (χ0v) is 18.8. The number of aryl methyl sites for hydroxylation is 2. The van der Waals surface area contributed by atoms with Gasteiger partial charge in [0, 0.05) is 16.8 Å². The van der Waals surface area contributed by atoms with Gasteiger partial charge in [0.2, 0.25) is 12.9 Å². The first kappa shape index (κ1) is 22.8. The van der Waals surface area contributed by atoms with Crippen molar-refractivity contribution in [3.63, 3.8) is 0 Å². The van der Waals surface area contributed by atoms with Crippen LogP contribution in [0, 0.1) is 13.8 Å². The Balaban J connectivity index is 1.42. The predicted molar refractivity (Wildman–Crippen MR) is 125 cm³/mol. The Hall–Kier alpha value is -4.33. The van der Waals surface area contributed by atoms with Gasteiger partial charge in [0.05, 0.1) is 0 Å². The Bertz CT molecular complexity index is 1230. The second-order valence-corrected chi connectivity index (χ2v) is 7.84. The highest BCUT2D eigenvalue weighted by Gasteiger charge is 2.26. The molecule has 2 N–H and O–H groups in total. The highest BCUT2D eigenvalue weighted by atomic mass is 16.7. The van der Waals surface area contributed by atoms with Gasteiger partial charge in [0.1, 0.15) is 6.54 Å². The Kier molecular flexibility index (Phi) is 6.77. The minimum absolute atomic E-state index is 0.0950. The van der Waals surface area contributed by atoms with Crippen LogP contribution in [0.3, 0.4) is 0 Å². The zero-order chi connectivity index (χ0) is 24.1. The number of carbonyl (C=O) groups is 3. The van der Waals surface area contributed by atoms with Crippen LogP contribution in [0.15, 0.2) is 66.7 Å². The van der Waals surface area contributed by atoms with Crippen LogP contribution in [0.2, 0.25) is 0 Å². The van der Waals surface area contributed by atoms with Crippen LogP contribution in [0.25, 0.3) is 0 Å². The van der Waals surface area contributed by atoms with E-state index in [1.165, 1.54) is 6.07 Å². The van der Waals surface area contributed by atoms with E-state index in [1.54, 1.807) is 42.5 Å². The Morgan fingerprint density at radius 3 is 2.50 bits per heavy atom. The van der Waals surface area contributed by atoms with E-state index in [0.29, 0.717) is 28.3 Å². The predicted octanol–water partition coefficient (Wildman–Crippen LogP) is 3.69. The number of rotatable bonds is 7. The van der Waals surface area contributed by atoms with E-state index < -0.39 is 30.4 Å². The zero-order valence-electron chi connectivity index (χ0n) is 18.8. The number of esters is 1. The van der Waals surface area contributed by atoms with E-state index in [1.807, 2.05) is 32.0 Å². The maximum atomic E-state index is 13.1. The van der Waals surface area contributed by atoms with Gasteiger partial charge in [-0.05, 0) is 49.2 Å². The summed E-state index contributed by atoms with van der Waals surface area (Å²) >= 11 is 0. The molecule has 1 aliphatic rings. The summed E-state index contributed by atoms with van der Waals surface area (Å²) in [4.78, 5) is 38.1. The summed E-state index contributed by atoms with van der Waals surface area (Å²) in [6.45, 7) is 3.49. The maximum Gasteiger partial charge on any atom is 0.326 e. The van der Waals surface area contributed by atoms with Crippen LogP contribution in [0.5, 0.6) is 11.5 Å². The molecule has 0 saturated heterocycles. The number of fused-ring (bicyclic) bond motifs is 1. The van der Waals surface area contributed by atoms with E-state index in [2.05, 4.69) is 10.6 Å². The SMILES string of the molecule is Cc1ccc(C)c(NC(=O)C(OC(=O)CNC(=O)c2ccc3c(c2)OCO3)c2ccccc2)c1. The molecule has 1 atom stereocenters. The van der Waals surface area contributed by atoms with Crippen molar-refractivity contribution in [3.05, 3.63) is 89.0 Å². The molecule has 3 aromatic rings. The van der Waals surface area contributed by atoms with Gasteiger partial charge in [-0.2, -0.15) is 0 Å². The quantitative estimate of drug-likeness (QED) is 0.522. The van der Waals surface area contributed by atoms with Gasteiger partial charge in [-0.15, -0.1) is 0 Å². The monoisotopic (exact) mass is 460 g/mol. The molecule has 8 heteroatoms. The second-order valence-electron chi connectivity index (χ2n) is 7.84. The van der Waals surface area contributed by atoms with Gasteiger partial charge in [-0.3, -0.25) is 14.4 Å². The van der Waals surface area contributed by atoms with Gasteiger partial charge in [-0.1, -0.05) is 42.5 Å². The van der Waals surface area contributed by atoms with Crippen molar-refractivity contribution in [2.45, 2.75) is 20.0 Å². The number of ether oxygens (including phenoxy) is 3. The van der Waals surface area contributed by atoms with E-state index >= 15 is 0 Å². The van der Waals surface area contributed by atoms with E-state index in [0.717, 1.165) is 11.1 Å². The van der Waals surface area contributed by atoms with Gasteiger partial charge in [0.25, 0.3) is 11.8 Å². The fourth-order valence-electron chi connectivity index (χ4n) is 3.43. The molecule has 0 radical (unpaired) electrons. The molecule has 1 unspecified atom stereocenters. The highest BCUT2D eigenvalue weighted by molar-refractivity contribution is 5.98. The van der Waals surface area contributed by atoms with Crippen molar-refractivity contribution >= 4 is 23.5 Å². The molecule has 8 nitrogen and oxygen atoms in total. The van der Waals surface area contributed by atoms with Crippen molar-refractivity contribution in [1.29, 1.82) is 0 Å². The highest BCUT2D eigenvalue weighted by Crippen LogP contribution is 2.32. The van der Waals surface area contributed by atoms with Gasteiger partial charge >= 0.3 is 5.97 Å². The number of carbonyl (C=O) groups excluding carboxylic acids is 3. The third-order valence-electron chi connectivity index (χ3n) is 5.27. The van der Waals surface area contributed by atoms with Crippen molar-refractivity contribution < 1.29 is 28.6 Å². The van der Waals surface area contributed by atoms with Gasteiger partial charge in [-0.25, -0.2) is 0 Å². The lowest BCUT2D eigenvalue weighted by molar-refractivity contribution is -0.153. The maximum absolute atomic E-state index is 13.1. The first-order valence-electron chi connectivity index (χ1n) is 10.7. The molecule has 1 heterocycles. The smallest absolute Gasteiger partial charge is 0.326 e. The molecule has 0 aromatic heterocycles. The summed E-state index contributed by atoms with van der Waals surface area (Å²) in [5.74, 6) is -0.709. The number of amides is 2. The molecule has 0 saturated carbocycles. The molecule has 0 fully saturated rings. The molecule has 0 bridgehead atoms. The normalized spacial score (nSPS) is 12.5. The first-order chi connectivity index (χ1) is 16.4. The summed E-state index contributed by atoms with van der Waals surface area (Å²) in [6.07, 6.45) is -1.18. The van der Waals surface area contributed by atoms with Crippen LogP contribution < -0.4 is 20.1 Å². The fourth-order valence-corrected chi connectivity index (χ4v) is 3.43. The van der Waals surface area contributed by atoms with Crippen LogP contribution in [-0.4, -0.2) is 31.1 Å². The van der Waals surface area contributed by atoms with Crippen molar-refractivity contribution in [1.82, 2.24) is 5.32 Å². The Labute approximate surface area is 196 Å². The number of hydrogen-bond donors (Lipinski definition) is 2. The van der Waals surface area contributed by atoms with Crippen molar-refractivity contribution in [2.75, 3.05) is 18.7 Å². The number of nitrogens with one attached hydrogen (secondary N) is 2. The van der Waals surface area contributed by atoms with E-state index in [-0.39, 0.29) is 6.79 Å². The molecule has 2 amide bonds. The van der Waals surface area contributed by atoms with E-state index in [9.17, 15) is 14.4 Å². The third-order valence-corrected chi connectivity index (χ3v) is 5.27. The van der Waals surface area contributed by atoms with Crippen LogP contribution >= 0.6 is 0 Å². The summed E-state index contributed by atoms with van der Waals surface area (Å²) < 4.78 is 16.0. The topological polar surface area (TPSA) is 103 Å². The second kappa shape index (κ2) is 10.1. The molecule has 0 aliphatic carbocycles. The van der Waals surface area contributed by atoms with Gasteiger partial charge < -0.3 is 24.8 Å². The molecule has 174 valence electrons. The molecule has 0 spiro atoms. The lowest BCUT2D eigenvalue weighted by Crippen LogP contribution is -2.33. The van der Waals surface area contributed by atoms with Crippen molar-refractivity contribution in [2.24, 2.45) is 0 Å². The molecular formula is C26H24N2O6. The van der Waals surface area contributed by atoms with Crippen LogP contribution in [0.4, 0.5) is 5.69 Å². The summed E-state index contributed by atoms with van der Waals surface area (Å²) in [5.41, 5.74) is 3.33. The molecule has 1 aliphatic heterocycles. The Morgan fingerprint density at radius 1 is 0.941 bits per heavy atom. The average Bonchev–Trinajstić information content (AvgIpc) is 3.31. The van der Waals surface area contributed by atoms with E-state index in [4.69, 9.17) is 14.2 Å². The minimum atomic E-state index is -1.18. The number of anilines is 1. The average molecular weight is 460 g/mol. The summed E-state index contributed by atoms with van der Waals surface area (Å²) in [7, 11) is 0. The summed E-state index contributed by atoms with van der Waals surface area (Å²) in [6, 6.07) is 19.1. The van der Waals surface area contributed by atoms with Crippen LogP contribution in [-0.2, 0) is 14.3 Å². The first-order valence-corrected chi connectivity index (χ1v) is 10.7. The van der Waals surface area contributed by atoms with Crippen LogP contribution in [0.1, 0.15) is 33.2 Å². The molecule has 4 rings (SSSR count). The number of benzene rings is 3. The largest absolute Gasteiger partial charge is 0.454 e. The van der Waals surface area contributed by atoms with Crippen molar-refractivity contribution in [3.8, 4) is 11.5 Å². The standard InChI is InChI=1S/C26H24N2O6/c1-16-8-9-17(2)20(12-16)28-26(31)24(18-6-4-3-5-7-18)34-23(29)14-27-25(30)19-10-11-21-22(13-19)33-15-32-21/h3-13,24H,14-15H2,1-2H3,(H,27,30)(H,28,31). The molecule has 34 heavy (non-hydrogen) atoms. The minimum Gasteiger partial charge on any atom is -0.454 e. The molecular weight excluding hydrogens is 436 g/mol. The van der Waals surface area contributed by atoms with Gasteiger partial charge in [0.15, 0.2) is 11.5 Å². The third kappa shape index (κ3) is 5.35. The lowest BCUT2D eigenvalue weighted by Gasteiger charge is -2.19. The molecule has 3 aromatic carbocycles. The number of hydrogen-bond acceptors (Lipinski definition) is 6. The fraction of sp³-hybridized carbons (Fsp3) is 0.192.